The highest BCUT2D eigenvalue weighted by molar-refractivity contribution is 9.10. The van der Waals surface area contributed by atoms with Crippen LogP contribution in [0.3, 0.4) is 0 Å². The van der Waals surface area contributed by atoms with E-state index in [-0.39, 0.29) is 6.42 Å². The molecule has 0 fully saturated rings. The molecule has 0 saturated heterocycles. The molecular weight excluding hydrogens is 417 g/mol. The Hall–Kier alpha value is -1.56. The zero-order valence-corrected chi connectivity index (χ0v) is 15.6. The molecule has 1 amide bonds. The molecule has 3 rings (SSSR count). The highest BCUT2D eigenvalue weighted by Gasteiger charge is 2.42. The van der Waals surface area contributed by atoms with Crippen molar-refractivity contribution in [2.75, 3.05) is 5.32 Å². The summed E-state index contributed by atoms with van der Waals surface area (Å²) in [6.07, 6.45) is 0.268. The summed E-state index contributed by atoms with van der Waals surface area (Å²) >= 11 is 15.3. The summed E-state index contributed by atoms with van der Waals surface area (Å²) in [4.78, 5) is 24.9. The van der Waals surface area contributed by atoms with Gasteiger partial charge in [-0.15, -0.1) is 0 Å². The molecule has 4 nitrogen and oxygen atoms in total. The summed E-state index contributed by atoms with van der Waals surface area (Å²) in [7, 11) is 0. The van der Waals surface area contributed by atoms with E-state index in [1.165, 1.54) is 6.07 Å². The zero-order valence-electron chi connectivity index (χ0n) is 12.5. The second-order valence-corrected chi connectivity index (χ2v) is 7.44. The van der Waals surface area contributed by atoms with E-state index in [2.05, 4.69) is 21.2 Å². The van der Waals surface area contributed by atoms with Crippen molar-refractivity contribution in [3.63, 3.8) is 0 Å². The minimum absolute atomic E-state index is 0.268. The van der Waals surface area contributed by atoms with Crippen molar-refractivity contribution >= 4 is 56.7 Å². The number of carbonyl (C=O) groups excluding carboxylic acids is 2. The fourth-order valence-corrected chi connectivity index (χ4v) is 3.40. The van der Waals surface area contributed by atoms with Gasteiger partial charge in [0, 0.05) is 15.9 Å². The van der Waals surface area contributed by atoms with Crippen LogP contribution >= 0.6 is 39.1 Å². The molecule has 2 aromatic rings. The molecule has 7 heteroatoms. The van der Waals surface area contributed by atoms with Gasteiger partial charge in [-0.25, -0.2) is 4.79 Å². The van der Waals surface area contributed by atoms with Crippen LogP contribution in [0.2, 0.25) is 10.0 Å². The van der Waals surface area contributed by atoms with Crippen molar-refractivity contribution in [1.82, 2.24) is 0 Å². The number of rotatable bonds is 2. The molecule has 0 bridgehead atoms. The van der Waals surface area contributed by atoms with Crippen LogP contribution < -0.4 is 5.32 Å². The van der Waals surface area contributed by atoms with Gasteiger partial charge >= 0.3 is 5.97 Å². The molecule has 1 heterocycles. The maximum atomic E-state index is 12.7. The van der Waals surface area contributed by atoms with Crippen molar-refractivity contribution in [1.29, 1.82) is 0 Å². The molecule has 0 aromatic heterocycles. The van der Waals surface area contributed by atoms with Crippen LogP contribution in [0.5, 0.6) is 0 Å². The van der Waals surface area contributed by atoms with Gasteiger partial charge in [-0.05, 0) is 48.9 Å². The third kappa shape index (κ3) is 3.29. The van der Waals surface area contributed by atoms with E-state index in [4.69, 9.17) is 27.9 Å². The lowest BCUT2D eigenvalue weighted by molar-refractivity contribution is -0.134. The van der Waals surface area contributed by atoms with Gasteiger partial charge in [-0.2, -0.15) is 0 Å². The number of ether oxygens (including phenoxy) is 1. The maximum absolute atomic E-state index is 12.7. The fraction of sp³-hybridized carbons (Fsp3) is 0.176. The molecule has 24 heavy (non-hydrogen) atoms. The number of nitrogens with one attached hydrogen (secondary N) is 1. The molecular formula is C17H12BrCl2NO3. The standard InChI is InChI=1S/C17H12BrCl2NO3/c1-17(16(23)21-14-5-3-11(19)7-13(14)20)8-9-6-10(18)2-4-12(9)15(22)24-17/h2-7H,8H2,1H3,(H,21,23). The van der Waals surface area contributed by atoms with Crippen LogP contribution in [0.15, 0.2) is 40.9 Å². The van der Waals surface area contributed by atoms with Crippen LogP contribution in [0.1, 0.15) is 22.8 Å². The Morgan fingerprint density at radius 3 is 2.71 bits per heavy atom. The first-order valence-electron chi connectivity index (χ1n) is 7.07. The normalized spacial score (nSPS) is 19.4. The Bertz CT molecular complexity index is 856. The number of amides is 1. The molecule has 1 N–H and O–H groups in total. The summed E-state index contributed by atoms with van der Waals surface area (Å²) in [5.41, 5.74) is 0.297. The SMILES string of the molecule is CC1(C(=O)Nc2ccc(Cl)cc2Cl)Cc2cc(Br)ccc2C(=O)O1. The number of anilines is 1. The first kappa shape index (κ1) is 17.3. The monoisotopic (exact) mass is 427 g/mol. The molecule has 2 aromatic carbocycles. The van der Waals surface area contributed by atoms with E-state index in [9.17, 15) is 9.59 Å². The largest absolute Gasteiger partial charge is 0.445 e. The molecule has 0 spiro atoms. The van der Waals surface area contributed by atoms with Gasteiger partial charge in [0.1, 0.15) is 0 Å². The average Bonchev–Trinajstić information content (AvgIpc) is 2.49. The smallest absolute Gasteiger partial charge is 0.339 e. The lowest BCUT2D eigenvalue weighted by atomic mass is 9.89. The van der Waals surface area contributed by atoms with Crippen LogP contribution in [0.4, 0.5) is 5.69 Å². The van der Waals surface area contributed by atoms with E-state index < -0.39 is 17.5 Å². The van der Waals surface area contributed by atoms with Gasteiger partial charge in [0.05, 0.1) is 16.3 Å². The Morgan fingerprint density at radius 2 is 2.00 bits per heavy atom. The Labute approximate surface area is 157 Å². The van der Waals surface area contributed by atoms with Crippen LogP contribution in [0, 0.1) is 0 Å². The fourth-order valence-electron chi connectivity index (χ4n) is 2.54. The quantitative estimate of drug-likeness (QED) is 0.694. The molecule has 1 aliphatic heterocycles. The third-order valence-corrected chi connectivity index (χ3v) is 4.83. The predicted molar refractivity (Wildman–Crippen MR) is 96.8 cm³/mol. The van der Waals surface area contributed by atoms with Crippen molar-refractivity contribution in [2.45, 2.75) is 18.9 Å². The lowest BCUT2D eigenvalue weighted by Gasteiger charge is -2.33. The van der Waals surface area contributed by atoms with Crippen LogP contribution in [-0.2, 0) is 16.0 Å². The molecule has 1 unspecified atom stereocenters. The highest BCUT2D eigenvalue weighted by atomic mass is 79.9. The van der Waals surface area contributed by atoms with Gasteiger partial charge in [-0.3, -0.25) is 4.79 Å². The molecule has 124 valence electrons. The summed E-state index contributed by atoms with van der Waals surface area (Å²) in [5, 5.41) is 3.47. The zero-order chi connectivity index (χ0) is 17.5. The van der Waals surface area contributed by atoms with Gasteiger partial charge < -0.3 is 10.1 Å². The van der Waals surface area contributed by atoms with Crippen molar-refractivity contribution in [2.24, 2.45) is 0 Å². The summed E-state index contributed by atoms with van der Waals surface area (Å²) < 4.78 is 6.24. The molecule has 0 aliphatic carbocycles. The Kier molecular flexibility index (Phi) is 4.60. The minimum atomic E-state index is -1.33. The lowest BCUT2D eigenvalue weighted by Crippen LogP contribution is -2.48. The van der Waals surface area contributed by atoms with Crippen LogP contribution in [-0.4, -0.2) is 17.5 Å². The minimum Gasteiger partial charge on any atom is -0.445 e. The topological polar surface area (TPSA) is 55.4 Å². The maximum Gasteiger partial charge on any atom is 0.339 e. The number of cyclic esters (lactones) is 1. The van der Waals surface area contributed by atoms with E-state index in [0.717, 1.165) is 10.0 Å². The average molecular weight is 429 g/mol. The van der Waals surface area contributed by atoms with E-state index in [1.54, 1.807) is 31.2 Å². The Balaban J connectivity index is 1.88. The summed E-state index contributed by atoms with van der Waals surface area (Å²) in [5.74, 6) is -0.977. The van der Waals surface area contributed by atoms with Crippen LogP contribution in [0.25, 0.3) is 0 Å². The third-order valence-electron chi connectivity index (χ3n) is 3.79. The second kappa shape index (κ2) is 6.39. The summed E-state index contributed by atoms with van der Waals surface area (Å²) in [6, 6.07) is 9.99. The molecule has 0 saturated carbocycles. The van der Waals surface area contributed by atoms with Crippen molar-refractivity contribution in [3.8, 4) is 0 Å². The number of halogens is 3. The number of benzene rings is 2. The second-order valence-electron chi connectivity index (χ2n) is 5.68. The van der Waals surface area contributed by atoms with Gasteiger partial charge in [0.15, 0.2) is 5.60 Å². The van der Waals surface area contributed by atoms with Crippen molar-refractivity contribution in [3.05, 3.63) is 62.0 Å². The number of hydrogen-bond donors (Lipinski definition) is 1. The number of esters is 1. The number of fused-ring (bicyclic) bond motifs is 1. The Morgan fingerprint density at radius 1 is 1.25 bits per heavy atom. The van der Waals surface area contributed by atoms with Gasteiger partial charge in [0.25, 0.3) is 5.91 Å². The van der Waals surface area contributed by atoms with E-state index in [0.29, 0.717) is 21.3 Å². The van der Waals surface area contributed by atoms with Gasteiger partial charge in [0.2, 0.25) is 0 Å². The van der Waals surface area contributed by atoms with Crippen molar-refractivity contribution < 1.29 is 14.3 Å². The number of carbonyl (C=O) groups is 2. The first-order valence-corrected chi connectivity index (χ1v) is 8.62. The molecule has 1 aliphatic rings. The number of hydrogen-bond acceptors (Lipinski definition) is 3. The predicted octanol–water partition coefficient (Wildman–Crippen LogP) is 4.87. The molecule has 0 radical (unpaired) electrons. The van der Waals surface area contributed by atoms with Gasteiger partial charge in [-0.1, -0.05) is 39.1 Å². The highest BCUT2D eigenvalue weighted by Crippen LogP contribution is 2.32. The summed E-state index contributed by atoms with van der Waals surface area (Å²) in [6.45, 7) is 1.58. The van der Waals surface area contributed by atoms with E-state index in [1.807, 2.05) is 6.07 Å². The van der Waals surface area contributed by atoms with E-state index >= 15 is 0 Å². The first-order chi connectivity index (χ1) is 11.3. The molecule has 1 atom stereocenters.